The van der Waals surface area contributed by atoms with Gasteiger partial charge in [-0.15, -0.1) is 0 Å². The molecule has 0 atom stereocenters. The molecule has 0 bridgehead atoms. The second-order valence-corrected chi connectivity index (χ2v) is 3.76. The largest absolute Gasteiger partial charge is 0.406 e. The Hall–Kier alpha value is -1.56. The predicted molar refractivity (Wildman–Crippen MR) is 58.5 cm³/mol. The van der Waals surface area contributed by atoms with Gasteiger partial charge in [-0.25, -0.2) is 4.98 Å². The molecule has 3 nitrogen and oxygen atoms in total. The van der Waals surface area contributed by atoms with Gasteiger partial charge in [0.05, 0.1) is 11.0 Å². The van der Waals surface area contributed by atoms with E-state index in [2.05, 4.69) is 4.98 Å². The summed E-state index contributed by atoms with van der Waals surface area (Å²) < 4.78 is 38.6. The van der Waals surface area contributed by atoms with Gasteiger partial charge in [-0.05, 0) is 18.7 Å². The lowest BCUT2D eigenvalue weighted by Crippen LogP contribution is -2.20. The fourth-order valence-corrected chi connectivity index (χ4v) is 1.80. The maximum absolute atomic E-state index is 12.5. The molecule has 1 aromatic carbocycles. The number of fused-ring (bicyclic) bond motifs is 1. The molecule has 0 amide bonds. The average molecular weight is 243 g/mol. The molecule has 0 aliphatic heterocycles. The lowest BCUT2D eigenvalue weighted by atomic mass is 10.3. The van der Waals surface area contributed by atoms with Crippen molar-refractivity contribution >= 4 is 11.0 Å². The number of para-hydroxylation sites is 2. The number of hydrogen-bond donors (Lipinski definition) is 1. The summed E-state index contributed by atoms with van der Waals surface area (Å²) in [6, 6.07) is 6.78. The second-order valence-electron chi connectivity index (χ2n) is 3.76. The number of nitrogens with zero attached hydrogens (tertiary/aromatic N) is 2. The van der Waals surface area contributed by atoms with Gasteiger partial charge in [0.15, 0.2) is 0 Å². The third-order valence-corrected chi connectivity index (χ3v) is 2.44. The normalized spacial score (nSPS) is 12.2. The number of aromatic nitrogens is 2. The van der Waals surface area contributed by atoms with Crippen LogP contribution >= 0.6 is 0 Å². The summed E-state index contributed by atoms with van der Waals surface area (Å²) in [5, 5.41) is 0. The highest BCUT2D eigenvalue weighted by molar-refractivity contribution is 5.75. The molecule has 0 saturated carbocycles. The van der Waals surface area contributed by atoms with Gasteiger partial charge in [0.1, 0.15) is 12.4 Å². The minimum atomic E-state index is -4.26. The van der Waals surface area contributed by atoms with Crippen LogP contribution in [0, 0.1) is 0 Å². The Morgan fingerprint density at radius 1 is 1.24 bits per heavy atom. The van der Waals surface area contributed by atoms with E-state index in [1.165, 1.54) is 4.57 Å². The molecule has 0 fully saturated rings. The second kappa shape index (κ2) is 4.37. The number of rotatable bonds is 3. The van der Waals surface area contributed by atoms with Crippen LogP contribution in [0.1, 0.15) is 5.82 Å². The summed E-state index contributed by atoms with van der Waals surface area (Å²) in [5.41, 5.74) is 6.44. The van der Waals surface area contributed by atoms with Crippen molar-refractivity contribution in [3.63, 3.8) is 0 Å². The third-order valence-electron chi connectivity index (χ3n) is 2.44. The van der Waals surface area contributed by atoms with E-state index in [1.54, 1.807) is 24.3 Å². The van der Waals surface area contributed by atoms with Crippen LogP contribution < -0.4 is 5.73 Å². The van der Waals surface area contributed by atoms with Crippen LogP contribution in [0.2, 0.25) is 0 Å². The van der Waals surface area contributed by atoms with E-state index in [0.29, 0.717) is 23.3 Å². The Labute approximate surface area is 96.0 Å². The maximum Gasteiger partial charge on any atom is 0.406 e. The van der Waals surface area contributed by atoms with Gasteiger partial charge in [0, 0.05) is 6.42 Å². The molecule has 6 heteroatoms. The first-order valence-corrected chi connectivity index (χ1v) is 5.22. The number of imidazole rings is 1. The van der Waals surface area contributed by atoms with E-state index >= 15 is 0 Å². The smallest absolute Gasteiger partial charge is 0.330 e. The van der Waals surface area contributed by atoms with Gasteiger partial charge in [0.25, 0.3) is 0 Å². The number of benzene rings is 1. The van der Waals surface area contributed by atoms with E-state index in [-0.39, 0.29) is 6.54 Å². The highest BCUT2D eigenvalue weighted by atomic mass is 19.4. The Bertz CT molecular complexity index is 516. The molecule has 17 heavy (non-hydrogen) atoms. The van der Waals surface area contributed by atoms with E-state index in [4.69, 9.17) is 5.73 Å². The van der Waals surface area contributed by atoms with E-state index in [1.807, 2.05) is 0 Å². The highest BCUT2D eigenvalue weighted by Gasteiger charge is 2.29. The molecule has 2 aromatic rings. The molecule has 2 rings (SSSR count). The van der Waals surface area contributed by atoms with Crippen molar-refractivity contribution in [1.29, 1.82) is 0 Å². The number of nitrogens with two attached hydrogens (primary N) is 1. The molecule has 0 unspecified atom stereocenters. The van der Waals surface area contributed by atoms with Gasteiger partial charge < -0.3 is 10.3 Å². The minimum Gasteiger partial charge on any atom is -0.330 e. The summed E-state index contributed by atoms with van der Waals surface area (Å²) in [4.78, 5) is 4.17. The van der Waals surface area contributed by atoms with Crippen molar-refractivity contribution < 1.29 is 13.2 Å². The number of halogens is 3. The zero-order valence-corrected chi connectivity index (χ0v) is 9.04. The van der Waals surface area contributed by atoms with Gasteiger partial charge in [0.2, 0.25) is 0 Å². The van der Waals surface area contributed by atoms with Crippen molar-refractivity contribution in [2.24, 2.45) is 5.73 Å². The first-order chi connectivity index (χ1) is 8.01. The first kappa shape index (κ1) is 11.9. The Morgan fingerprint density at radius 2 is 1.94 bits per heavy atom. The van der Waals surface area contributed by atoms with Crippen LogP contribution in [0.25, 0.3) is 11.0 Å². The van der Waals surface area contributed by atoms with Crippen LogP contribution in [-0.4, -0.2) is 22.3 Å². The van der Waals surface area contributed by atoms with Gasteiger partial charge >= 0.3 is 6.18 Å². The summed E-state index contributed by atoms with van der Waals surface area (Å²) in [6.45, 7) is -0.746. The molecular formula is C11H12F3N3. The molecule has 2 N–H and O–H groups in total. The molecule has 0 radical (unpaired) electrons. The Balaban J connectivity index is 2.51. The van der Waals surface area contributed by atoms with Gasteiger partial charge in [-0.2, -0.15) is 13.2 Å². The summed E-state index contributed by atoms with van der Waals surface area (Å²) in [7, 11) is 0. The van der Waals surface area contributed by atoms with Crippen LogP contribution in [0.15, 0.2) is 24.3 Å². The topological polar surface area (TPSA) is 43.8 Å². The minimum absolute atomic E-state index is 0.279. The van der Waals surface area contributed by atoms with E-state index < -0.39 is 12.7 Å². The van der Waals surface area contributed by atoms with Crippen molar-refractivity contribution in [3.05, 3.63) is 30.1 Å². The maximum atomic E-state index is 12.5. The first-order valence-electron chi connectivity index (χ1n) is 5.22. The third kappa shape index (κ3) is 2.58. The van der Waals surface area contributed by atoms with Crippen molar-refractivity contribution in [2.45, 2.75) is 19.1 Å². The molecule has 1 aromatic heterocycles. The monoisotopic (exact) mass is 243 g/mol. The van der Waals surface area contributed by atoms with Gasteiger partial charge in [-0.3, -0.25) is 0 Å². The molecule has 0 aliphatic carbocycles. The molecule has 0 saturated heterocycles. The zero-order chi connectivity index (χ0) is 12.5. The van der Waals surface area contributed by atoms with Crippen molar-refractivity contribution in [1.82, 2.24) is 9.55 Å². The Morgan fingerprint density at radius 3 is 2.59 bits per heavy atom. The number of alkyl halides is 3. The molecule has 0 aliphatic rings. The molecule has 92 valence electrons. The van der Waals surface area contributed by atoms with Crippen LogP contribution in [0.4, 0.5) is 13.2 Å². The summed E-state index contributed by atoms with van der Waals surface area (Å²) >= 11 is 0. The van der Waals surface area contributed by atoms with E-state index in [0.717, 1.165) is 0 Å². The van der Waals surface area contributed by atoms with Crippen molar-refractivity contribution in [3.8, 4) is 0 Å². The molecular weight excluding hydrogens is 231 g/mol. The Kier molecular flexibility index (Phi) is 3.06. The predicted octanol–water partition coefficient (Wildman–Crippen LogP) is 2.10. The fourth-order valence-electron chi connectivity index (χ4n) is 1.80. The van der Waals surface area contributed by atoms with Crippen molar-refractivity contribution in [2.75, 3.05) is 6.54 Å². The lowest BCUT2D eigenvalue weighted by molar-refractivity contribution is -0.140. The summed E-state index contributed by atoms with van der Waals surface area (Å²) in [5.74, 6) is 0.381. The lowest BCUT2D eigenvalue weighted by Gasteiger charge is -2.11. The fraction of sp³-hybridized carbons (Fsp3) is 0.364. The van der Waals surface area contributed by atoms with Crippen LogP contribution in [0.3, 0.4) is 0 Å². The zero-order valence-electron chi connectivity index (χ0n) is 9.04. The quantitative estimate of drug-likeness (QED) is 0.897. The average Bonchev–Trinajstić information content (AvgIpc) is 2.56. The highest BCUT2D eigenvalue weighted by Crippen LogP contribution is 2.23. The number of hydrogen-bond acceptors (Lipinski definition) is 2. The van der Waals surface area contributed by atoms with Crippen LogP contribution in [-0.2, 0) is 13.0 Å². The SMILES string of the molecule is NCCc1nc2ccccc2n1CC(F)(F)F. The summed E-state index contributed by atoms with van der Waals surface area (Å²) in [6.07, 6.45) is -3.92. The van der Waals surface area contributed by atoms with E-state index in [9.17, 15) is 13.2 Å². The molecule has 1 heterocycles. The standard InChI is InChI=1S/C11H12F3N3/c12-11(13,14)7-17-9-4-2-1-3-8(9)16-10(17)5-6-15/h1-4H,5-7,15H2. The van der Waals surface area contributed by atoms with Gasteiger partial charge in [-0.1, -0.05) is 12.1 Å². The molecule has 0 spiro atoms. The van der Waals surface area contributed by atoms with Crippen LogP contribution in [0.5, 0.6) is 0 Å².